The smallest absolute Gasteiger partial charge is 0.192 e. The second-order valence-electron chi connectivity index (χ2n) is 6.78. The lowest BCUT2D eigenvalue weighted by Gasteiger charge is -2.09. The highest BCUT2D eigenvalue weighted by Crippen LogP contribution is 2.26. The average Bonchev–Trinajstić information content (AvgIpc) is 3.42. The van der Waals surface area contributed by atoms with Crippen molar-refractivity contribution in [2.45, 2.75) is 18.6 Å². The summed E-state index contributed by atoms with van der Waals surface area (Å²) in [4.78, 5) is 12.6. The third-order valence-corrected chi connectivity index (χ3v) is 5.60. The van der Waals surface area contributed by atoms with E-state index in [-0.39, 0.29) is 11.5 Å². The van der Waals surface area contributed by atoms with E-state index in [9.17, 15) is 4.79 Å². The SMILES string of the molecule is COc1ccc(C(=O)CSc2nnc(-c3cccc(C)c3)n2Cc2ccco2)cc1. The molecule has 0 aliphatic carbocycles. The Labute approximate surface area is 178 Å². The molecular formula is C23H21N3O3S. The van der Waals surface area contributed by atoms with Crippen LogP contribution in [0, 0.1) is 6.92 Å². The van der Waals surface area contributed by atoms with Gasteiger partial charge in [0.2, 0.25) is 0 Å². The van der Waals surface area contributed by atoms with Crippen molar-refractivity contribution in [2.75, 3.05) is 12.9 Å². The van der Waals surface area contributed by atoms with Gasteiger partial charge in [-0.15, -0.1) is 10.2 Å². The third-order valence-electron chi connectivity index (χ3n) is 4.63. The van der Waals surface area contributed by atoms with Crippen LogP contribution in [0.2, 0.25) is 0 Å². The van der Waals surface area contributed by atoms with Gasteiger partial charge in [-0.25, -0.2) is 0 Å². The summed E-state index contributed by atoms with van der Waals surface area (Å²) in [6, 6.07) is 19.0. The minimum Gasteiger partial charge on any atom is -0.497 e. The molecular weight excluding hydrogens is 398 g/mol. The van der Waals surface area contributed by atoms with E-state index < -0.39 is 0 Å². The molecule has 0 fully saturated rings. The minimum atomic E-state index is 0.0207. The lowest BCUT2D eigenvalue weighted by molar-refractivity contribution is 0.102. The number of hydrogen-bond acceptors (Lipinski definition) is 6. The third kappa shape index (κ3) is 4.46. The van der Waals surface area contributed by atoms with Crippen molar-refractivity contribution in [3.63, 3.8) is 0 Å². The van der Waals surface area contributed by atoms with Gasteiger partial charge in [-0.1, -0.05) is 35.5 Å². The molecule has 2 aromatic heterocycles. The number of carbonyl (C=O) groups is 1. The molecule has 0 N–H and O–H groups in total. The topological polar surface area (TPSA) is 70.2 Å². The number of furan rings is 1. The van der Waals surface area contributed by atoms with Crippen LogP contribution < -0.4 is 4.74 Å². The molecule has 4 aromatic rings. The Hall–Kier alpha value is -3.32. The van der Waals surface area contributed by atoms with Crippen LogP contribution >= 0.6 is 11.8 Å². The predicted molar refractivity (Wildman–Crippen MR) is 116 cm³/mol. The maximum atomic E-state index is 12.6. The predicted octanol–water partition coefficient (Wildman–Crippen LogP) is 4.88. The maximum Gasteiger partial charge on any atom is 0.192 e. The van der Waals surface area contributed by atoms with E-state index in [4.69, 9.17) is 9.15 Å². The number of aromatic nitrogens is 3. The van der Waals surface area contributed by atoms with Crippen LogP contribution in [0.1, 0.15) is 21.7 Å². The first kappa shape index (κ1) is 20.0. The molecule has 0 unspecified atom stereocenters. The molecule has 2 heterocycles. The Bertz CT molecular complexity index is 1130. The molecule has 0 saturated carbocycles. The highest BCUT2D eigenvalue weighted by atomic mass is 32.2. The fourth-order valence-corrected chi connectivity index (χ4v) is 3.92. The van der Waals surface area contributed by atoms with Crippen LogP contribution in [0.4, 0.5) is 0 Å². The zero-order chi connectivity index (χ0) is 20.9. The number of ketones is 1. The summed E-state index contributed by atoms with van der Waals surface area (Å²) in [5.41, 5.74) is 2.76. The summed E-state index contributed by atoms with van der Waals surface area (Å²) >= 11 is 1.37. The summed E-state index contributed by atoms with van der Waals surface area (Å²) in [5.74, 6) is 2.55. The van der Waals surface area contributed by atoms with Gasteiger partial charge in [0.15, 0.2) is 16.8 Å². The fraction of sp³-hybridized carbons (Fsp3) is 0.174. The summed E-state index contributed by atoms with van der Waals surface area (Å²) in [5, 5.41) is 9.43. The van der Waals surface area contributed by atoms with Crippen molar-refractivity contribution >= 4 is 17.5 Å². The summed E-state index contributed by atoms with van der Waals surface area (Å²) in [6.07, 6.45) is 1.64. The second kappa shape index (κ2) is 9.00. The normalized spacial score (nSPS) is 10.9. The Morgan fingerprint density at radius 2 is 1.93 bits per heavy atom. The van der Waals surface area contributed by atoms with Crippen molar-refractivity contribution in [1.29, 1.82) is 0 Å². The highest BCUT2D eigenvalue weighted by molar-refractivity contribution is 7.99. The first-order chi connectivity index (χ1) is 14.6. The first-order valence-electron chi connectivity index (χ1n) is 9.46. The molecule has 30 heavy (non-hydrogen) atoms. The van der Waals surface area contributed by atoms with E-state index in [0.717, 1.165) is 28.5 Å². The van der Waals surface area contributed by atoms with Gasteiger partial charge in [-0.05, 0) is 49.4 Å². The number of methoxy groups -OCH3 is 1. The zero-order valence-corrected chi connectivity index (χ0v) is 17.6. The summed E-state index contributed by atoms with van der Waals surface area (Å²) in [7, 11) is 1.60. The molecule has 0 saturated heterocycles. The molecule has 0 bridgehead atoms. The van der Waals surface area contributed by atoms with Crippen LogP contribution in [-0.2, 0) is 6.54 Å². The Kier molecular flexibility index (Phi) is 5.99. The number of benzene rings is 2. The lowest BCUT2D eigenvalue weighted by Crippen LogP contribution is -2.07. The van der Waals surface area contributed by atoms with Crippen molar-refractivity contribution in [3.05, 3.63) is 83.8 Å². The average molecular weight is 420 g/mol. The quantitative estimate of drug-likeness (QED) is 0.299. The van der Waals surface area contributed by atoms with E-state index in [1.54, 1.807) is 37.6 Å². The fourth-order valence-electron chi connectivity index (χ4n) is 3.08. The van der Waals surface area contributed by atoms with Gasteiger partial charge in [0.25, 0.3) is 0 Å². The maximum absolute atomic E-state index is 12.6. The van der Waals surface area contributed by atoms with E-state index in [1.165, 1.54) is 11.8 Å². The number of rotatable bonds is 8. The van der Waals surface area contributed by atoms with E-state index >= 15 is 0 Å². The Balaban J connectivity index is 1.58. The van der Waals surface area contributed by atoms with Crippen LogP contribution in [0.5, 0.6) is 5.75 Å². The van der Waals surface area contributed by atoms with Gasteiger partial charge in [0.05, 0.1) is 25.7 Å². The monoisotopic (exact) mass is 419 g/mol. The Morgan fingerprint density at radius 3 is 2.63 bits per heavy atom. The highest BCUT2D eigenvalue weighted by Gasteiger charge is 2.17. The van der Waals surface area contributed by atoms with Crippen LogP contribution in [0.3, 0.4) is 0 Å². The van der Waals surface area contributed by atoms with Gasteiger partial charge in [0, 0.05) is 11.1 Å². The van der Waals surface area contributed by atoms with Crippen molar-refractivity contribution in [1.82, 2.24) is 14.8 Å². The first-order valence-corrected chi connectivity index (χ1v) is 10.5. The zero-order valence-electron chi connectivity index (χ0n) is 16.7. The molecule has 0 spiro atoms. The molecule has 7 heteroatoms. The van der Waals surface area contributed by atoms with Crippen molar-refractivity contribution < 1.29 is 13.9 Å². The van der Waals surface area contributed by atoms with Gasteiger partial charge in [-0.2, -0.15) is 0 Å². The van der Waals surface area contributed by atoms with E-state index in [1.807, 2.05) is 41.8 Å². The molecule has 0 aliphatic heterocycles. The summed E-state index contributed by atoms with van der Waals surface area (Å²) in [6.45, 7) is 2.53. The standard InChI is InChI=1S/C23H21N3O3S/c1-16-5-3-6-18(13-16)22-24-25-23(26(22)14-20-7-4-12-29-20)30-15-21(27)17-8-10-19(28-2)11-9-17/h3-13H,14-15H2,1-2H3. The number of nitrogens with zero attached hydrogens (tertiary/aromatic N) is 3. The number of carbonyl (C=O) groups excluding carboxylic acids is 1. The van der Waals surface area contributed by atoms with Gasteiger partial charge in [0.1, 0.15) is 11.5 Å². The van der Waals surface area contributed by atoms with E-state index in [2.05, 4.69) is 16.3 Å². The van der Waals surface area contributed by atoms with Crippen molar-refractivity contribution in [3.8, 4) is 17.1 Å². The molecule has 152 valence electrons. The number of Topliss-reactive ketones (excluding diaryl/α,β-unsaturated/α-hetero) is 1. The Morgan fingerprint density at radius 1 is 1.10 bits per heavy atom. The van der Waals surface area contributed by atoms with E-state index in [0.29, 0.717) is 17.3 Å². The molecule has 0 radical (unpaired) electrons. The molecule has 6 nitrogen and oxygen atoms in total. The van der Waals surface area contributed by atoms with Gasteiger partial charge >= 0.3 is 0 Å². The summed E-state index contributed by atoms with van der Waals surface area (Å²) < 4.78 is 12.7. The molecule has 2 aromatic carbocycles. The minimum absolute atomic E-state index is 0.0207. The van der Waals surface area contributed by atoms with Crippen molar-refractivity contribution in [2.24, 2.45) is 0 Å². The lowest BCUT2D eigenvalue weighted by atomic mass is 10.1. The van der Waals surface area contributed by atoms with Crippen LogP contribution in [-0.4, -0.2) is 33.4 Å². The molecule has 4 rings (SSSR count). The molecule has 0 amide bonds. The second-order valence-corrected chi connectivity index (χ2v) is 7.72. The number of hydrogen-bond donors (Lipinski definition) is 0. The largest absolute Gasteiger partial charge is 0.497 e. The molecule has 0 atom stereocenters. The number of thioether (sulfide) groups is 1. The van der Waals surface area contributed by atoms with Crippen LogP contribution in [0.15, 0.2) is 76.5 Å². The van der Waals surface area contributed by atoms with Crippen LogP contribution in [0.25, 0.3) is 11.4 Å². The molecule has 0 aliphatic rings. The van der Waals surface area contributed by atoms with Gasteiger partial charge < -0.3 is 9.15 Å². The number of aryl methyl sites for hydroxylation is 1. The number of ether oxygens (including phenoxy) is 1. The van der Waals surface area contributed by atoms with Gasteiger partial charge in [-0.3, -0.25) is 9.36 Å².